The summed E-state index contributed by atoms with van der Waals surface area (Å²) in [5.74, 6) is 1.46. The Labute approximate surface area is 200 Å². The van der Waals surface area contributed by atoms with Gasteiger partial charge in [-0.3, -0.25) is 9.59 Å². The molecule has 1 N–H and O–H groups in total. The molecule has 1 aromatic heterocycles. The van der Waals surface area contributed by atoms with Crippen LogP contribution in [-0.4, -0.2) is 62.4 Å². The topological polar surface area (TPSA) is 111 Å². The minimum atomic E-state index is -0.176. The minimum Gasteiger partial charge on any atom is -0.486 e. The Morgan fingerprint density at radius 3 is 2.68 bits per heavy atom. The van der Waals surface area contributed by atoms with E-state index in [1.807, 2.05) is 23.1 Å². The lowest BCUT2D eigenvalue weighted by atomic mass is 10.0. The number of carbonyl (C=O) groups is 2. The molecular formula is C23H24N6O4S. The number of fused-ring (bicyclic) bond motifs is 1. The summed E-state index contributed by atoms with van der Waals surface area (Å²) >= 11 is 1.25. The summed E-state index contributed by atoms with van der Waals surface area (Å²) in [4.78, 5) is 27.4. The number of nitrogens with one attached hydrogen (secondary N) is 1. The van der Waals surface area contributed by atoms with Crippen LogP contribution in [0, 0.1) is 0 Å². The number of carbonyl (C=O) groups excluding carboxylic acids is 2. The van der Waals surface area contributed by atoms with Crippen molar-refractivity contribution >= 4 is 29.3 Å². The highest BCUT2D eigenvalue weighted by atomic mass is 32.2. The molecule has 1 atom stereocenters. The van der Waals surface area contributed by atoms with Gasteiger partial charge < -0.3 is 19.7 Å². The zero-order valence-electron chi connectivity index (χ0n) is 18.6. The number of rotatable bonds is 6. The van der Waals surface area contributed by atoms with Gasteiger partial charge >= 0.3 is 0 Å². The van der Waals surface area contributed by atoms with Crippen LogP contribution in [0.15, 0.2) is 47.6 Å². The Bertz CT molecular complexity index is 1200. The molecule has 1 fully saturated rings. The molecule has 0 aliphatic carbocycles. The normalized spacial score (nSPS) is 17.0. The molecule has 0 saturated carbocycles. The number of tetrazole rings is 1. The van der Waals surface area contributed by atoms with E-state index >= 15 is 0 Å². The van der Waals surface area contributed by atoms with Gasteiger partial charge in [-0.2, -0.15) is 0 Å². The van der Waals surface area contributed by atoms with E-state index < -0.39 is 0 Å². The predicted molar refractivity (Wildman–Crippen MR) is 125 cm³/mol. The van der Waals surface area contributed by atoms with E-state index in [1.54, 1.807) is 31.3 Å². The zero-order chi connectivity index (χ0) is 23.5. The molecule has 1 unspecified atom stereocenters. The second-order valence-corrected chi connectivity index (χ2v) is 9.00. The second kappa shape index (κ2) is 9.72. The molecule has 34 heavy (non-hydrogen) atoms. The number of aromatic nitrogens is 4. The van der Waals surface area contributed by atoms with Gasteiger partial charge in [0.05, 0.1) is 11.8 Å². The standard InChI is InChI=1S/C23H24N6O4S/c1-28-23(25-26-27-28)34-14-21(30)24-17-7-4-15(5-8-17)22(31)29-10-2-3-18(29)16-6-9-19-20(13-16)33-12-11-32-19/h4-9,13,18H,2-3,10-12,14H2,1H3,(H,24,30). The summed E-state index contributed by atoms with van der Waals surface area (Å²) in [6, 6.07) is 12.9. The maximum absolute atomic E-state index is 13.3. The van der Waals surface area contributed by atoms with E-state index in [1.165, 1.54) is 16.4 Å². The molecule has 0 spiro atoms. The fourth-order valence-electron chi connectivity index (χ4n) is 4.16. The maximum Gasteiger partial charge on any atom is 0.254 e. The lowest BCUT2D eigenvalue weighted by Crippen LogP contribution is -2.30. The fourth-order valence-corrected chi connectivity index (χ4v) is 4.81. The van der Waals surface area contributed by atoms with Crippen LogP contribution in [0.2, 0.25) is 0 Å². The van der Waals surface area contributed by atoms with Gasteiger partial charge in [-0.15, -0.1) is 5.10 Å². The summed E-state index contributed by atoms with van der Waals surface area (Å²) < 4.78 is 12.8. The van der Waals surface area contributed by atoms with E-state index in [-0.39, 0.29) is 23.6 Å². The summed E-state index contributed by atoms with van der Waals surface area (Å²) in [6.45, 7) is 1.78. The molecule has 2 aliphatic heterocycles. The van der Waals surface area contributed by atoms with Gasteiger partial charge in [0.25, 0.3) is 5.91 Å². The quantitative estimate of drug-likeness (QED) is 0.536. The lowest BCUT2D eigenvalue weighted by Gasteiger charge is -2.27. The first kappa shape index (κ1) is 22.2. The van der Waals surface area contributed by atoms with Crippen molar-refractivity contribution in [1.82, 2.24) is 25.1 Å². The Morgan fingerprint density at radius 1 is 1.12 bits per heavy atom. The molecule has 2 amide bonds. The van der Waals surface area contributed by atoms with Crippen LogP contribution in [0.4, 0.5) is 5.69 Å². The number of hydrogen-bond acceptors (Lipinski definition) is 8. The number of nitrogens with zero attached hydrogens (tertiary/aromatic N) is 5. The van der Waals surface area contributed by atoms with Crippen molar-refractivity contribution in [1.29, 1.82) is 0 Å². The number of likely N-dealkylation sites (tertiary alicyclic amines) is 1. The third kappa shape index (κ3) is 4.69. The Morgan fingerprint density at radius 2 is 1.91 bits per heavy atom. The zero-order valence-corrected chi connectivity index (χ0v) is 19.5. The van der Waals surface area contributed by atoms with Gasteiger partial charge in [0, 0.05) is 24.8 Å². The van der Waals surface area contributed by atoms with E-state index in [9.17, 15) is 9.59 Å². The maximum atomic E-state index is 13.3. The fraction of sp³-hybridized carbons (Fsp3) is 0.348. The number of thioether (sulfide) groups is 1. The summed E-state index contributed by atoms with van der Waals surface area (Å²) in [5.41, 5.74) is 2.26. The third-order valence-corrected chi connectivity index (χ3v) is 6.80. The molecule has 3 aromatic rings. The average Bonchev–Trinajstić information content (AvgIpc) is 3.51. The van der Waals surface area contributed by atoms with Crippen molar-refractivity contribution < 1.29 is 19.1 Å². The van der Waals surface area contributed by atoms with E-state index in [0.717, 1.165) is 29.9 Å². The molecule has 3 heterocycles. The van der Waals surface area contributed by atoms with Crippen molar-refractivity contribution in [2.45, 2.75) is 24.0 Å². The monoisotopic (exact) mass is 480 g/mol. The number of amides is 2. The van der Waals surface area contributed by atoms with E-state index in [0.29, 0.717) is 36.2 Å². The van der Waals surface area contributed by atoms with Gasteiger partial charge in [-0.1, -0.05) is 17.8 Å². The van der Waals surface area contributed by atoms with Crippen LogP contribution in [0.5, 0.6) is 11.5 Å². The molecule has 1 saturated heterocycles. The molecule has 11 heteroatoms. The molecule has 176 valence electrons. The van der Waals surface area contributed by atoms with Crippen LogP contribution >= 0.6 is 11.8 Å². The molecule has 0 bridgehead atoms. The highest BCUT2D eigenvalue weighted by Crippen LogP contribution is 2.38. The minimum absolute atomic E-state index is 0.00478. The van der Waals surface area contributed by atoms with Crippen LogP contribution < -0.4 is 14.8 Å². The SMILES string of the molecule is Cn1nnnc1SCC(=O)Nc1ccc(C(=O)N2CCCC2c2ccc3c(c2)OCCO3)cc1. The molecule has 2 aromatic carbocycles. The molecule has 2 aliphatic rings. The van der Waals surface area contributed by atoms with Crippen LogP contribution in [-0.2, 0) is 11.8 Å². The average molecular weight is 481 g/mol. The highest BCUT2D eigenvalue weighted by molar-refractivity contribution is 7.99. The Hall–Kier alpha value is -3.60. The van der Waals surface area contributed by atoms with Crippen molar-refractivity contribution in [3.05, 3.63) is 53.6 Å². The highest BCUT2D eigenvalue weighted by Gasteiger charge is 2.31. The summed E-state index contributed by atoms with van der Waals surface area (Å²) in [6.07, 6.45) is 1.84. The first-order chi connectivity index (χ1) is 16.6. The molecule has 10 nitrogen and oxygen atoms in total. The molecule has 5 rings (SSSR count). The first-order valence-electron chi connectivity index (χ1n) is 11.0. The van der Waals surface area contributed by atoms with E-state index in [2.05, 4.69) is 20.8 Å². The smallest absolute Gasteiger partial charge is 0.254 e. The van der Waals surface area contributed by atoms with Crippen molar-refractivity contribution in [2.75, 3.05) is 30.8 Å². The summed E-state index contributed by atoms with van der Waals surface area (Å²) in [5, 5.41) is 14.5. The lowest BCUT2D eigenvalue weighted by molar-refractivity contribution is -0.113. The predicted octanol–water partition coefficient (Wildman–Crippen LogP) is 2.69. The first-order valence-corrected chi connectivity index (χ1v) is 12.0. The Balaban J connectivity index is 1.22. The van der Waals surface area contributed by atoms with E-state index in [4.69, 9.17) is 9.47 Å². The Kier molecular flexibility index (Phi) is 6.35. The van der Waals surface area contributed by atoms with Crippen molar-refractivity contribution in [2.24, 2.45) is 7.05 Å². The van der Waals surface area contributed by atoms with Gasteiger partial charge in [-0.05, 0) is 65.2 Å². The van der Waals surface area contributed by atoms with Gasteiger partial charge in [0.2, 0.25) is 11.1 Å². The van der Waals surface area contributed by atoms with Crippen LogP contribution in [0.1, 0.15) is 34.8 Å². The van der Waals surface area contributed by atoms with Crippen LogP contribution in [0.3, 0.4) is 0 Å². The number of ether oxygens (including phenoxy) is 2. The largest absolute Gasteiger partial charge is 0.486 e. The van der Waals surface area contributed by atoms with Gasteiger partial charge in [0.1, 0.15) is 13.2 Å². The van der Waals surface area contributed by atoms with Gasteiger partial charge in [-0.25, -0.2) is 4.68 Å². The third-order valence-electron chi connectivity index (χ3n) is 5.79. The van der Waals surface area contributed by atoms with Crippen LogP contribution in [0.25, 0.3) is 0 Å². The number of hydrogen-bond donors (Lipinski definition) is 1. The number of anilines is 1. The second-order valence-electron chi connectivity index (χ2n) is 8.06. The molecular weight excluding hydrogens is 456 g/mol. The number of aryl methyl sites for hydroxylation is 1. The van der Waals surface area contributed by atoms with Crippen molar-refractivity contribution in [3.8, 4) is 11.5 Å². The molecule has 0 radical (unpaired) electrons. The van der Waals surface area contributed by atoms with Crippen molar-refractivity contribution in [3.63, 3.8) is 0 Å². The number of benzene rings is 2. The summed E-state index contributed by atoms with van der Waals surface area (Å²) in [7, 11) is 1.72. The van der Waals surface area contributed by atoms with Gasteiger partial charge in [0.15, 0.2) is 11.5 Å².